The molecule has 0 aromatic rings. The van der Waals surface area contributed by atoms with E-state index >= 15 is 0 Å². The minimum absolute atomic E-state index is 0. The molecule has 7 heteroatoms. The minimum Gasteiger partial charge on any atom is -0.512 e. The van der Waals surface area contributed by atoms with Crippen LogP contribution in [0, 0.1) is 30.2 Å². The smallest absolute Gasteiger partial charge is 0.512 e. The van der Waals surface area contributed by atoms with E-state index in [-0.39, 0.29) is 67.7 Å². The molecule has 0 aromatic heterocycles. The van der Waals surface area contributed by atoms with Gasteiger partial charge in [0.1, 0.15) is 0 Å². The zero-order valence-corrected chi connectivity index (χ0v) is 13.8. The maximum absolute atomic E-state index is 12.0. The van der Waals surface area contributed by atoms with Crippen molar-refractivity contribution >= 4 is 0 Å². The fraction of sp³-hybridized carbons (Fsp3) is 0.846. The first-order valence-corrected chi connectivity index (χ1v) is 6.09. The maximum atomic E-state index is 12.0. The second kappa shape index (κ2) is 9.60. The first kappa shape index (κ1) is 22.0. The van der Waals surface area contributed by atoms with Crippen molar-refractivity contribution < 1.29 is 47.1 Å². The van der Waals surface area contributed by atoms with E-state index in [0.29, 0.717) is 5.92 Å². The van der Waals surface area contributed by atoms with Crippen LogP contribution in [0.4, 0.5) is 17.6 Å². The first-order chi connectivity index (χ1) is 8.78. The molecule has 0 amide bonds. The Balaban J connectivity index is 0. The van der Waals surface area contributed by atoms with E-state index in [1.807, 2.05) is 6.92 Å². The van der Waals surface area contributed by atoms with Crippen LogP contribution in [-0.4, -0.2) is 18.4 Å². The third-order valence-corrected chi connectivity index (χ3v) is 3.28. The van der Waals surface area contributed by atoms with E-state index in [9.17, 15) is 17.6 Å². The molecule has 0 unspecified atom stereocenters. The van der Waals surface area contributed by atoms with Gasteiger partial charge in [0.2, 0.25) is 18.4 Å². The predicted molar refractivity (Wildman–Crippen MR) is 62.1 cm³/mol. The molecule has 2 nitrogen and oxygen atoms in total. The molecule has 2 aliphatic carbocycles. The van der Waals surface area contributed by atoms with Crippen molar-refractivity contribution in [1.29, 1.82) is 5.26 Å². The third kappa shape index (κ3) is 8.09. The maximum Gasteiger partial charge on any atom is 1.00 e. The van der Waals surface area contributed by atoms with Gasteiger partial charge in [-0.25, -0.2) is 24.1 Å². The van der Waals surface area contributed by atoms with E-state index in [0.717, 1.165) is 6.42 Å². The number of hydrogen-bond donors (Lipinski definition) is 0. The molecule has 0 bridgehead atoms. The third-order valence-electron chi connectivity index (χ3n) is 3.28. The summed E-state index contributed by atoms with van der Waals surface area (Å²) < 4.78 is 48.0. The summed E-state index contributed by atoms with van der Waals surface area (Å²) in [6.07, 6.45) is 1.02. The van der Waals surface area contributed by atoms with Crippen molar-refractivity contribution in [2.45, 2.75) is 50.9 Å². The molecule has 0 aromatic carbocycles. The molecule has 0 radical (unpaired) electrons. The van der Waals surface area contributed by atoms with Crippen molar-refractivity contribution in [3.8, 4) is 0 Å². The average Bonchev–Trinajstić information content (AvgIpc) is 2.27. The topological polar surface area (TPSA) is 28.1 Å². The number of rotatable bonds is 2. The van der Waals surface area contributed by atoms with Gasteiger partial charge in [-0.05, 0) is 5.92 Å². The second-order valence-corrected chi connectivity index (χ2v) is 5.01. The van der Waals surface area contributed by atoms with Crippen LogP contribution in [0.5, 0.6) is 0 Å². The van der Waals surface area contributed by atoms with Crippen molar-refractivity contribution in [2.75, 3.05) is 6.54 Å². The molecule has 108 valence electrons. The predicted octanol–water partition coefficient (Wildman–Crippen LogP) is 1.49. The van der Waals surface area contributed by atoms with Crippen LogP contribution in [0.1, 0.15) is 39.0 Å². The van der Waals surface area contributed by atoms with Crippen molar-refractivity contribution in [3.63, 3.8) is 0 Å². The fourth-order valence-electron chi connectivity index (χ4n) is 2.12. The molecule has 2 aliphatic rings. The molecule has 20 heavy (non-hydrogen) atoms. The molecule has 0 N–H and O–H groups in total. The molecular weight excluding hydrogens is 283 g/mol. The Bertz CT molecular complexity index is 323. The summed E-state index contributed by atoms with van der Waals surface area (Å²) in [5.74, 6) is -4.47. The summed E-state index contributed by atoms with van der Waals surface area (Å²) in [5, 5.41) is 6.25. The Hall–Kier alpha value is -0.300. The quantitative estimate of drug-likeness (QED) is 0.431. The molecule has 0 heterocycles. The van der Waals surface area contributed by atoms with Crippen molar-refractivity contribution in [1.82, 2.24) is 0 Å². The summed E-state index contributed by atoms with van der Waals surface area (Å²) in [4.78, 5) is 3.04. The van der Waals surface area contributed by atoms with Gasteiger partial charge in [-0.2, -0.15) is 0 Å². The van der Waals surface area contributed by atoms with Crippen molar-refractivity contribution in [2.24, 2.45) is 11.8 Å². The summed E-state index contributed by atoms with van der Waals surface area (Å²) in [6.45, 7) is 13.4. The van der Waals surface area contributed by atoms with Crippen LogP contribution in [0.25, 0.3) is 4.85 Å². The van der Waals surface area contributed by atoms with Gasteiger partial charge in [-0.3, -0.25) is 0 Å². The molecule has 0 spiro atoms. The summed E-state index contributed by atoms with van der Waals surface area (Å²) in [7, 11) is 0. The Morgan fingerprint density at radius 2 is 1.35 bits per heavy atom. The van der Waals surface area contributed by atoms with Crippen LogP contribution in [0.2, 0.25) is 0 Å². The summed E-state index contributed by atoms with van der Waals surface area (Å²) >= 11 is 0. The standard InChI is InChI=1S/C6H7F2N.C6H10F2.CN.Na/c1-9-4-5-2-6(7,8)3-5;1-2-5-3-6(7,8)4-5;1-2;/h5H,2-4H2;5H,2-4H2,1H3;;/q;;-1;+1. The molecule has 2 saturated carbocycles. The molecule has 0 saturated heterocycles. The molecule has 0 atom stereocenters. The van der Waals surface area contributed by atoms with Gasteiger partial charge < -0.3 is 16.7 Å². The van der Waals surface area contributed by atoms with Crippen LogP contribution in [-0.2, 0) is 0 Å². The summed E-state index contributed by atoms with van der Waals surface area (Å²) in [6, 6.07) is 0. The van der Waals surface area contributed by atoms with Crippen LogP contribution in [0.15, 0.2) is 0 Å². The van der Waals surface area contributed by atoms with Crippen molar-refractivity contribution in [3.05, 3.63) is 18.0 Å². The van der Waals surface area contributed by atoms with Gasteiger partial charge in [0.05, 0.1) is 0 Å². The van der Waals surface area contributed by atoms with Crippen LogP contribution >= 0.6 is 0 Å². The van der Waals surface area contributed by atoms with E-state index < -0.39 is 11.8 Å². The first-order valence-electron chi connectivity index (χ1n) is 6.09. The zero-order valence-electron chi connectivity index (χ0n) is 11.8. The normalized spacial score (nSPS) is 22.1. The molecule has 2 fully saturated rings. The van der Waals surface area contributed by atoms with Crippen LogP contribution < -0.4 is 29.6 Å². The number of nitrogens with zero attached hydrogens (tertiary/aromatic N) is 2. The summed E-state index contributed by atoms with van der Waals surface area (Å²) in [5.41, 5.74) is 0. The zero-order chi connectivity index (χ0) is 15.1. The van der Waals surface area contributed by atoms with E-state index in [4.69, 9.17) is 18.4 Å². The van der Waals surface area contributed by atoms with E-state index in [2.05, 4.69) is 4.85 Å². The van der Waals surface area contributed by atoms with Crippen LogP contribution in [0.3, 0.4) is 0 Å². The number of halogens is 4. The molecule has 2 rings (SSSR count). The second-order valence-electron chi connectivity index (χ2n) is 5.01. The van der Waals surface area contributed by atoms with Gasteiger partial charge in [-0.15, -0.1) is 0 Å². The monoisotopic (exact) mass is 300 g/mol. The minimum atomic E-state index is -2.45. The van der Waals surface area contributed by atoms with E-state index in [1.54, 1.807) is 0 Å². The largest absolute Gasteiger partial charge is 1.00 e. The molecule has 0 aliphatic heterocycles. The van der Waals surface area contributed by atoms with Gasteiger partial charge >= 0.3 is 29.6 Å². The van der Waals surface area contributed by atoms with Gasteiger partial charge in [0.15, 0.2) is 0 Å². The number of alkyl halides is 4. The Kier molecular flexibility index (Phi) is 10.6. The Labute approximate surface area is 139 Å². The van der Waals surface area contributed by atoms with E-state index in [1.165, 1.54) is 0 Å². The Morgan fingerprint density at radius 3 is 1.55 bits per heavy atom. The van der Waals surface area contributed by atoms with Gasteiger partial charge in [0.25, 0.3) is 0 Å². The number of hydrogen-bond acceptors (Lipinski definition) is 1. The average molecular weight is 300 g/mol. The fourth-order valence-corrected chi connectivity index (χ4v) is 2.12. The van der Waals surface area contributed by atoms with Gasteiger partial charge in [0, 0.05) is 31.6 Å². The van der Waals surface area contributed by atoms with Gasteiger partial charge in [-0.1, -0.05) is 13.3 Å². The Morgan fingerprint density at radius 1 is 1.00 bits per heavy atom. The molecular formula is C13H17F4N2Na. The SMILES string of the molecule is CCC1CC(F)(F)C1.[C-]#N.[C-]#[N+]CC1CC(F)(F)C1.[Na+].